The van der Waals surface area contributed by atoms with Crippen LogP contribution in [0, 0.1) is 6.92 Å². The van der Waals surface area contributed by atoms with Crippen LogP contribution < -0.4 is 11.1 Å². The highest BCUT2D eigenvalue weighted by molar-refractivity contribution is 7.13. The molecule has 4 nitrogen and oxygen atoms in total. The van der Waals surface area contributed by atoms with Crippen LogP contribution in [0.15, 0.2) is 29.6 Å². The van der Waals surface area contributed by atoms with Gasteiger partial charge in [-0.05, 0) is 18.9 Å². The summed E-state index contributed by atoms with van der Waals surface area (Å²) in [7, 11) is 0. The van der Waals surface area contributed by atoms with Gasteiger partial charge in [-0.25, -0.2) is 4.98 Å². The zero-order valence-electron chi connectivity index (χ0n) is 11.6. The second-order valence-electron chi connectivity index (χ2n) is 4.77. The molecule has 0 saturated carbocycles. The highest BCUT2D eigenvalue weighted by Gasteiger charge is 2.03. The van der Waals surface area contributed by atoms with Gasteiger partial charge >= 0.3 is 0 Å². The number of nitrogens with zero attached hydrogens (tertiary/aromatic N) is 1. The Morgan fingerprint density at radius 1 is 1.40 bits per heavy atom. The second kappa shape index (κ2) is 7.05. The predicted molar refractivity (Wildman–Crippen MR) is 82.7 cm³/mol. The highest BCUT2D eigenvalue weighted by atomic mass is 32.1. The maximum atomic E-state index is 11.7. The Kier molecular flexibility index (Phi) is 5.12. The highest BCUT2D eigenvalue weighted by Crippen LogP contribution is 2.11. The number of amides is 1. The van der Waals surface area contributed by atoms with Gasteiger partial charge in [-0.3, -0.25) is 4.79 Å². The molecule has 3 N–H and O–H groups in total. The minimum absolute atomic E-state index is 0.0784. The van der Waals surface area contributed by atoms with Crippen LogP contribution >= 0.6 is 11.3 Å². The lowest BCUT2D eigenvalue weighted by molar-refractivity contribution is -0.121. The van der Waals surface area contributed by atoms with E-state index in [0.29, 0.717) is 18.1 Å². The molecule has 1 heterocycles. The molecule has 0 aliphatic heterocycles. The van der Waals surface area contributed by atoms with E-state index >= 15 is 0 Å². The first-order valence-electron chi connectivity index (χ1n) is 6.65. The van der Waals surface area contributed by atoms with E-state index in [1.807, 2.05) is 11.4 Å². The van der Waals surface area contributed by atoms with Gasteiger partial charge < -0.3 is 11.1 Å². The summed E-state index contributed by atoms with van der Waals surface area (Å²) in [6, 6.07) is 8.25. The number of benzene rings is 1. The van der Waals surface area contributed by atoms with Gasteiger partial charge in [-0.15, -0.1) is 11.3 Å². The summed E-state index contributed by atoms with van der Waals surface area (Å²) in [5, 5.41) is 5.41. The molecule has 1 aromatic carbocycles. The van der Waals surface area contributed by atoms with Crippen molar-refractivity contribution in [2.75, 3.05) is 12.3 Å². The fourth-order valence-corrected chi connectivity index (χ4v) is 2.58. The van der Waals surface area contributed by atoms with Crippen LogP contribution in [0.25, 0.3) is 0 Å². The fourth-order valence-electron chi connectivity index (χ4n) is 1.98. The third kappa shape index (κ3) is 4.66. The molecule has 2 rings (SSSR count). The van der Waals surface area contributed by atoms with Crippen molar-refractivity contribution in [2.24, 2.45) is 0 Å². The largest absolute Gasteiger partial charge is 0.375 e. The number of thiazole rings is 1. The molecular weight excluding hydrogens is 270 g/mol. The van der Waals surface area contributed by atoms with Crippen LogP contribution in [-0.2, 0) is 17.6 Å². The molecule has 0 bridgehead atoms. The molecular formula is C15H19N3OS. The number of hydrogen-bond acceptors (Lipinski definition) is 4. The minimum atomic E-state index is 0.0784. The number of anilines is 1. The van der Waals surface area contributed by atoms with Crippen molar-refractivity contribution < 1.29 is 4.79 Å². The summed E-state index contributed by atoms with van der Waals surface area (Å²) in [5.74, 6) is 0.0784. The number of carbonyl (C=O) groups is 1. The predicted octanol–water partition coefficient (Wildman–Crippen LogP) is 2.33. The standard InChI is InChI=1S/C15H19N3OS/c1-11-3-2-4-12(9-11)5-6-14(19)17-8-7-13-10-20-15(16)18-13/h2-4,9-10H,5-8H2,1H3,(H2,16,18)(H,17,19). The number of aryl methyl sites for hydroxylation is 2. The first kappa shape index (κ1) is 14.5. The van der Waals surface area contributed by atoms with E-state index in [2.05, 4.69) is 35.4 Å². The zero-order chi connectivity index (χ0) is 14.4. The van der Waals surface area contributed by atoms with Gasteiger partial charge in [0.15, 0.2) is 5.13 Å². The summed E-state index contributed by atoms with van der Waals surface area (Å²) >= 11 is 1.43. The van der Waals surface area contributed by atoms with Crippen molar-refractivity contribution in [3.05, 3.63) is 46.5 Å². The Labute approximate surface area is 123 Å². The van der Waals surface area contributed by atoms with Crippen molar-refractivity contribution in [1.82, 2.24) is 10.3 Å². The van der Waals surface area contributed by atoms with Crippen molar-refractivity contribution >= 4 is 22.4 Å². The summed E-state index contributed by atoms with van der Waals surface area (Å²) in [4.78, 5) is 15.9. The van der Waals surface area contributed by atoms with E-state index in [1.165, 1.54) is 22.5 Å². The van der Waals surface area contributed by atoms with Gasteiger partial charge in [0.25, 0.3) is 0 Å². The van der Waals surface area contributed by atoms with E-state index < -0.39 is 0 Å². The molecule has 106 valence electrons. The average molecular weight is 289 g/mol. The van der Waals surface area contributed by atoms with E-state index in [0.717, 1.165) is 18.5 Å². The number of hydrogen-bond donors (Lipinski definition) is 2. The van der Waals surface area contributed by atoms with Crippen molar-refractivity contribution in [1.29, 1.82) is 0 Å². The maximum absolute atomic E-state index is 11.7. The van der Waals surface area contributed by atoms with Crippen molar-refractivity contribution in [3.8, 4) is 0 Å². The Hall–Kier alpha value is -1.88. The lowest BCUT2D eigenvalue weighted by Gasteiger charge is -2.05. The molecule has 1 aromatic heterocycles. The molecule has 1 amide bonds. The molecule has 0 unspecified atom stereocenters. The van der Waals surface area contributed by atoms with Crippen LogP contribution in [0.2, 0.25) is 0 Å². The minimum Gasteiger partial charge on any atom is -0.375 e. The van der Waals surface area contributed by atoms with Gasteiger partial charge in [-0.2, -0.15) is 0 Å². The molecule has 0 fully saturated rings. The van der Waals surface area contributed by atoms with Crippen molar-refractivity contribution in [2.45, 2.75) is 26.2 Å². The molecule has 0 spiro atoms. The Balaban J connectivity index is 1.68. The molecule has 0 radical (unpaired) electrons. The third-order valence-corrected chi connectivity index (χ3v) is 3.72. The summed E-state index contributed by atoms with van der Waals surface area (Å²) in [5.41, 5.74) is 8.92. The van der Waals surface area contributed by atoms with E-state index in [9.17, 15) is 4.79 Å². The second-order valence-corrected chi connectivity index (χ2v) is 5.66. The fraction of sp³-hybridized carbons (Fsp3) is 0.333. The average Bonchev–Trinajstić information content (AvgIpc) is 2.82. The SMILES string of the molecule is Cc1cccc(CCC(=O)NCCc2csc(N)n2)c1. The summed E-state index contributed by atoms with van der Waals surface area (Å²) in [6.45, 7) is 2.67. The Morgan fingerprint density at radius 3 is 2.95 bits per heavy atom. The molecule has 0 aliphatic carbocycles. The first-order chi connectivity index (χ1) is 9.63. The van der Waals surface area contributed by atoms with E-state index in [-0.39, 0.29) is 5.91 Å². The number of nitrogen functional groups attached to an aromatic ring is 1. The molecule has 0 atom stereocenters. The lowest BCUT2D eigenvalue weighted by atomic mass is 10.1. The molecule has 0 aliphatic rings. The number of nitrogens with two attached hydrogens (primary N) is 1. The van der Waals surface area contributed by atoms with E-state index in [1.54, 1.807) is 0 Å². The van der Waals surface area contributed by atoms with Gasteiger partial charge in [0.1, 0.15) is 0 Å². The van der Waals surface area contributed by atoms with Crippen LogP contribution in [0.4, 0.5) is 5.13 Å². The van der Waals surface area contributed by atoms with Crippen LogP contribution in [0.5, 0.6) is 0 Å². The van der Waals surface area contributed by atoms with Crippen LogP contribution in [-0.4, -0.2) is 17.4 Å². The van der Waals surface area contributed by atoms with Crippen LogP contribution in [0.3, 0.4) is 0 Å². The molecule has 0 saturated heterocycles. The number of rotatable bonds is 6. The van der Waals surface area contributed by atoms with E-state index in [4.69, 9.17) is 5.73 Å². The molecule has 20 heavy (non-hydrogen) atoms. The topological polar surface area (TPSA) is 68.0 Å². The third-order valence-electron chi connectivity index (χ3n) is 3.00. The van der Waals surface area contributed by atoms with Crippen molar-refractivity contribution in [3.63, 3.8) is 0 Å². The quantitative estimate of drug-likeness (QED) is 0.857. The normalized spacial score (nSPS) is 10.4. The lowest BCUT2D eigenvalue weighted by Crippen LogP contribution is -2.25. The monoisotopic (exact) mass is 289 g/mol. The number of nitrogens with one attached hydrogen (secondary N) is 1. The number of aromatic nitrogens is 1. The Bertz CT molecular complexity index is 580. The van der Waals surface area contributed by atoms with Gasteiger partial charge in [0.05, 0.1) is 5.69 Å². The zero-order valence-corrected chi connectivity index (χ0v) is 12.4. The van der Waals surface area contributed by atoms with Crippen LogP contribution in [0.1, 0.15) is 23.2 Å². The Morgan fingerprint density at radius 2 is 2.25 bits per heavy atom. The maximum Gasteiger partial charge on any atom is 0.220 e. The van der Waals surface area contributed by atoms with Gasteiger partial charge in [-0.1, -0.05) is 29.8 Å². The smallest absolute Gasteiger partial charge is 0.220 e. The van der Waals surface area contributed by atoms with Gasteiger partial charge in [0.2, 0.25) is 5.91 Å². The first-order valence-corrected chi connectivity index (χ1v) is 7.53. The molecule has 2 aromatic rings. The number of carbonyl (C=O) groups excluding carboxylic acids is 1. The van der Waals surface area contributed by atoms with Gasteiger partial charge in [0, 0.05) is 24.8 Å². The molecule has 5 heteroatoms. The summed E-state index contributed by atoms with van der Waals surface area (Å²) < 4.78 is 0. The summed E-state index contributed by atoms with van der Waals surface area (Å²) in [6.07, 6.45) is 2.02.